The summed E-state index contributed by atoms with van der Waals surface area (Å²) >= 11 is 0. The molecule has 0 radical (unpaired) electrons. The van der Waals surface area contributed by atoms with E-state index in [1.807, 2.05) is 49.4 Å². The quantitative estimate of drug-likeness (QED) is 0.816. The Morgan fingerprint density at radius 2 is 1.64 bits per heavy atom. The highest BCUT2D eigenvalue weighted by Gasteiger charge is 2.64. The molecule has 0 unspecified atom stereocenters. The first-order chi connectivity index (χ1) is 13.5. The molecule has 6 nitrogen and oxygen atoms in total. The second kappa shape index (κ2) is 5.79. The zero-order chi connectivity index (χ0) is 19.6. The molecule has 3 amide bonds. The van der Waals surface area contributed by atoms with Crippen molar-refractivity contribution in [2.45, 2.75) is 19.0 Å². The molecule has 4 atom stereocenters. The number of amides is 3. The monoisotopic (exact) mass is 373 g/mol. The minimum Gasteiger partial charge on any atom is -0.368 e. The second-order valence-corrected chi connectivity index (χ2v) is 7.58. The van der Waals surface area contributed by atoms with E-state index >= 15 is 0 Å². The number of nitrogens with two attached hydrogens (primary N) is 1. The van der Waals surface area contributed by atoms with Gasteiger partial charge in [0, 0.05) is 6.20 Å². The fourth-order valence-corrected chi connectivity index (χ4v) is 4.83. The predicted molar refractivity (Wildman–Crippen MR) is 104 cm³/mol. The maximum Gasteiger partial charge on any atom is 0.240 e. The number of benzene rings is 2. The number of aryl methyl sites for hydroxylation is 1. The highest BCUT2D eigenvalue weighted by atomic mass is 16.2. The summed E-state index contributed by atoms with van der Waals surface area (Å²) in [7, 11) is 0. The largest absolute Gasteiger partial charge is 0.368 e. The van der Waals surface area contributed by atoms with Gasteiger partial charge in [0.15, 0.2) is 0 Å². The van der Waals surface area contributed by atoms with Gasteiger partial charge in [0.05, 0.1) is 23.6 Å². The van der Waals surface area contributed by atoms with E-state index in [9.17, 15) is 14.4 Å². The second-order valence-electron chi connectivity index (χ2n) is 7.58. The van der Waals surface area contributed by atoms with E-state index in [0.29, 0.717) is 5.69 Å². The SMILES string of the molecule is Cc1ccc(N2C(=O)[C@@H]3[C@H](C2=O)[C@H]2c4ccccc4C=CN2[C@H]3C(N)=O)cc1. The van der Waals surface area contributed by atoms with Crippen LogP contribution in [0.4, 0.5) is 5.69 Å². The van der Waals surface area contributed by atoms with Crippen LogP contribution in [-0.2, 0) is 14.4 Å². The van der Waals surface area contributed by atoms with Gasteiger partial charge < -0.3 is 10.6 Å². The fourth-order valence-electron chi connectivity index (χ4n) is 4.83. The van der Waals surface area contributed by atoms with Gasteiger partial charge in [0.1, 0.15) is 6.04 Å². The molecule has 0 spiro atoms. The highest BCUT2D eigenvalue weighted by molar-refractivity contribution is 6.24. The molecule has 28 heavy (non-hydrogen) atoms. The molecule has 3 aliphatic heterocycles. The topological polar surface area (TPSA) is 83.7 Å². The first-order valence-electron chi connectivity index (χ1n) is 9.27. The summed E-state index contributed by atoms with van der Waals surface area (Å²) < 4.78 is 0. The number of imide groups is 1. The Balaban J connectivity index is 1.65. The molecule has 140 valence electrons. The summed E-state index contributed by atoms with van der Waals surface area (Å²) in [6.45, 7) is 1.94. The Labute approximate surface area is 162 Å². The predicted octanol–water partition coefficient (Wildman–Crippen LogP) is 2.00. The van der Waals surface area contributed by atoms with Crippen LogP contribution in [-0.4, -0.2) is 28.7 Å². The molecule has 5 rings (SSSR count). The van der Waals surface area contributed by atoms with Gasteiger partial charge >= 0.3 is 0 Å². The van der Waals surface area contributed by atoms with Crippen LogP contribution in [0.25, 0.3) is 6.08 Å². The lowest BCUT2D eigenvalue weighted by atomic mass is 9.84. The average molecular weight is 373 g/mol. The molecular formula is C22H19N3O3. The van der Waals surface area contributed by atoms with E-state index in [4.69, 9.17) is 5.73 Å². The number of anilines is 1. The molecule has 0 bridgehead atoms. The summed E-state index contributed by atoms with van der Waals surface area (Å²) in [4.78, 5) is 42.1. The normalized spacial score (nSPS) is 27.6. The van der Waals surface area contributed by atoms with Gasteiger partial charge in [-0.1, -0.05) is 42.0 Å². The minimum atomic E-state index is -0.841. The Morgan fingerprint density at radius 1 is 0.964 bits per heavy atom. The molecule has 2 aromatic rings. The fraction of sp³-hybridized carbons (Fsp3) is 0.227. The van der Waals surface area contributed by atoms with Crippen LogP contribution >= 0.6 is 0 Å². The van der Waals surface area contributed by atoms with Crippen molar-refractivity contribution >= 4 is 29.5 Å². The first-order valence-corrected chi connectivity index (χ1v) is 9.27. The first kappa shape index (κ1) is 16.7. The Kier molecular flexibility index (Phi) is 3.46. The molecule has 2 aromatic carbocycles. The molecule has 0 aliphatic carbocycles. The average Bonchev–Trinajstić information content (AvgIpc) is 3.16. The number of hydrogen-bond acceptors (Lipinski definition) is 4. The molecule has 3 aliphatic rings. The molecule has 2 fully saturated rings. The van der Waals surface area contributed by atoms with Crippen molar-refractivity contribution in [2.75, 3.05) is 4.90 Å². The Morgan fingerprint density at radius 3 is 2.36 bits per heavy atom. The molecule has 3 heterocycles. The van der Waals surface area contributed by atoms with E-state index in [2.05, 4.69) is 0 Å². The maximum atomic E-state index is 13.4. The Bertz CT molecular complexity index is 1040. The van der Waals surface area contributed by atoms with Gasteiger partial charge in [0.25, 0.3) is 0 Å². The standard InChI is InChI=1S/C22H19N3O3/c1-12-6-8-14(9-7-12)25-21(27)16-17(22(25)28)19(20(23)26)24-11-10-13-4-2-3-5-15(13)18(16)24/h2-11,16-19H,1H3,(H2,23,26)/t16-,17+,18+,19+/m0/s1. The van der Waals surface area contributed by atoms with Gasteiger partial charge in [-0.25, -0.2) is 4.90 Å². The van der Waals surface area contributed by atoms with E-state index in [1.54, 1.807) is 23.2 Å². The van der Waals surface area contributed by atoms with Crippen molar-refractivity contribution in [1.82, 2.24) is 4.90 Å². The third-order valence-electron chi connectivity index (χ3n) is 6.05. The van der Waals surface area contributed by atoms with Crippen LogP contribution < -0.4 is 10.6 Å². The number of fused-ring (bicyclic) bond motifs is 5. The zero-order valence-electron chi connectivity index (χ0n) is 15.3. The van der Waals surface area contributed by atoms with Crippen molar-refractivity contribution in [3.8, 4) is 0 Å². The molecule has 2 N–H and O–H groups in total. The van der Waals surface area contributed by atoms with E-state index in [1.165, 1.54) is 4.90 Å². The van der Waals surface area contributed by atoms with Crippen LogP contribution in [0.1, 0.15) is 22.7 Å². The lowest BCUT2D eigenvalue weighted by Crippen LogP contribution is -2.46. The van der Waals surface area contributed by atoms with Crippen molar-refractivity contribution in [3.05, 3.63) is 71.4 Å². The summed E-state index contributed by atoms with van der Waals surface area (Å²) in [5.41, 5.74) is 9.19. The number of carbonyl (C=O) groups is 3. The van der Waals surface area contributed by atoms with E-state index in [0.717, 1.165) is 16.7 Å². The van der Waals surface area contributed by atoms with Crippen LogP contribution in [0, 0.1) is 18.8 Å². The number of hydrogen-bond donors (Lipinski definition) is 1. The van der Waals surface area contributed by atoms with Crippen LogP contribution in [0.3, 0.4) is 0 Å². The molecule has 0 saturated carbocycles. The van der Waals surface area contributed by atoms with Crippen LogP contribution in [0.5, 0.6) is 0 Å². The van der Waals surface area contributed by atoms with E-state index in [-0.39, 0.29) is 17.9 Å². The number of rotatable bonds is 2. The molecular weight excluding hydrogens is 354 g/mol. The third kappa shape index (κ3) is 2.11. The van der Waals surface area contributed by atoms with E-state index < -0.39 is 23.8 Å². The summed E-state index contributed by atoms with van der Waals surface area (Å²) in [6.07, 6.45) is 3.69. The van der Waals surface area contributed by atoms with Gasteiger partial charge in [-0.2, -0.15) is 0 Å². The van der Waals surface area contributed by atoms with Crippen LogP contribution in [0.2, 0.25) is 0 Å². The van der Waals surface area contributed by atoms with Crippen molar-refractivity contribution in [2.24, 2.45) is 17.6 Å². The van der Waals surface area contributed by atoms with Crippen molar-refractivity contribution in [1.29, 1.82) is 0 Å². The maximum absolute atomic E-state index is 13.4. The summed E-state index contributed by atoms with van der Waals surface area (Å²) in [5, 5.41) is 0. The zero-order valence-corrected chi connectivity index (χ0v) is 15.3. The lowest BCUT2D eigenvalue weighted by molar-refractivity contribution is -0.129. The van der Waals surface area contributed by atoms with Crippen molar-refractivity contribution < 1.29 is 14.4 Å². The highest BCUT2D eigenvalue weighted by Crippen LogP contribution is 2.52. The van der Waals surface area contributed by atoms with Gasteiger partial charge in [0.2, 0.25) is 17.7 Å². The lowest BCUT2D eigenvalue weighted by Gasteiger charge is -2.34. The molecule has 2 saturated heterocycles. The number of primary amides is 1. The van der Waals surface area contributed by atoms with Crippen LogP contribution in [0.15, 0.2) is 54.7 Å². The Hall–Kier alpha value is -3.41. The minimum absolute atomic E-state index is 0.275. The summed E-state index contributed by atoms with van der Waals surface area (Å²) in [6, 6.07) is 13.8. The van der Waals surface area contributed by atoms with Gasteiger partial charge in [-0.3, -0.25) is 14.4 Å². The molecule has 0 aromatic heterocycles. The third-order valence-corrected chi connectivity index (χ3v) is 6.05. The summed E-state index contributed by atoms with van der Waals surface area (Å²) in [5.74, 6) is -2.65. The van der Waals surface area contributed by atoms with Crippen molar-refractivity contribution in [3.63, 3.8) is 0 Å². The van der Waals surface area contributed by atoms with Gasteiger partial charge in [-0.15, -0.1) is 0 Å². The smallest absolute Gasteiger partial charge is 0.240 e. The number of nitrogens with zero attached hydrogens (tertiary/aromatic N) is 2. The molecule has 6 heteroatoms. The number of carbonyl (C=O) groups excluding carboxylic acids is 3. The van der Waals surface area contributed by atoms with Gasteiger partial charge in [-0.05, 0) is 36.3 Å².